The van der Waals surface area contributed by atoms with Crippen molar-refractivity contribution in [3.63, 3.8) is 0 Å². The Hall–Kier alpha value is -4.93. The Morgan fingerprint density at radius 2 is 1.41 bits per heavy atom. The molecule has 0 unspecified atom stereocenters. The fraction of sp³-hybridized carbons (Fsp3) is 0.0870. The highest BCUT2D eigenvalue weighted by molar-refractivity contribution is 6.57. The molecule has 11 nitrogen and oxygen atoms in total. The molecule has 0 saturated heterocycles. The van der Waals surface area contributed by atoms with Gasteiger partial charge in [-0.3, -0.25) is 34.6 Å². The highest BCUT2D eigenvalue weighted by Crippen LogP contribution is 2.39. The quantitative estimate of drug-likeness (QED) is 0.257. The number of anilines is 3. The van der Waals surface area contributed by atoms with Crippen LogP contribution in [-0.2, 0) is 4.79 Å². The summed E-state index contributed by atoms with van der Waals surface area (Å²) in [6.07, 6.45) is 0. The van der Waals surface area contributed by atoms with E-state index in [0.29, 0.717) is 16.2 Å². The number of nitrogens with one attached hydrogen (secondary N) is 1. The molecular weight excluding hydrogens is 444 g/mol. The van der Waals surface area contributed by atoms with Crippen LogP contribution in [0.2, 0.25) is 0 Å². The van der Waals surface area contributed by atoms with Crippen LogP contribution in [0.3, 0.4) is 0 Å². The number of nitrogens with zero attached hydrogens (tertiary/aromatic N) is 3. The molecule has 11 heteroatoms. The number of carbonyl (C=O) groups excluding carboxylic acids is 3. The zero-order valence-electron chi connectivity index (χ0n) is 17.9. The summed E-state index contributed by atoms with van der Waals surface area (Å²) in [6, 6.07) is 12.7. The molecule has 0 saturated carbocycles. The largest absolute Gasteiger partial charge is 0.344 e. The van der Waals surface area contributed by atoms with Crippen LogP contribution in [0.4, 0.5) is 28.4 Å². The Balaban J connectivity index is 1.84. The van der Waals surface area contributed by atoms with E-state index in [1.54, 1.807) is 37.3 Å². The van der Waals surface area contributed by atoms with Gasteiger partial charge < -0.3 is 5.32 Å². The number of carbonyl (C=O) groups is 3. The molecule has 3 aromatic carbocycles. The first-order valence-corrected chi connectivity index (χ1v) is 9.92. The topological polar surface area (TPSA) is 153 Å². The summed E-state index contributed by atoms with van der Waals surface area (Å²) in [5.74, 6) is -3.14. The zero-order valence-corrected chi connectivity index (χ0v) is 17.9. The molecule has 1 aliphatic rings. The van der Waals surface area contributed by atoms with Crippen molar-refractivity contribution in [1.29, 1.82) is 0 Å². The smallest absolute Gasteiger partial charge is 0.306 e. The predicted molar refractivity (Wildman–Crippen MR) is 122 cm³/mol. The van der Waals surface area contributed by atoms with Gasteiger partial charge in [0.15, 0.2) is 5.69 Å². The number of rotatable bonds is 5. The van der Waals surface area contributed by atoms with Gasteiger partial charge in [-0.2, -0.15) is 0 Å². The minimum Gasteiger partial charge on any atom is -0.344 e. The molecule has 3 aromatic rings. The van der Waals surface area contributed by atoms with E-state index >= 15 is 0 Å². The Labute approximate surface area is 191 Å². The molecule has 1 aliphatic heterocycles. The van der Waals surface area contributed by atoms with Crippen molar-refractivity contribution in [1.82, 2.24) is 0 Å². The first-order chi connectivity index (χ1) is 16.1. The molecule has 2 amide bonds. The van der Waals surface area contributed by atoms with Crippen LogP contribution in [0.25, 0.3) is 0 Å². The molecule has 0 bridgehead atoms. The van der Waals surface area contributed by atoms with E-state index in [0.717, 1.165) is 17.7 Å². The SMILES string of the molecule is Cc1ccc(Nc2c([N+](=O)[O-])cc(C(=O)N3C(=O)C(=O)c4cc(C)ccc43)cc2[N+](=O)[O-])cc1. The Morgan fingerprint density at radius 3 is 1.97 bits per heavy atom. The van der Waals surface area contributed by atoms with Gasteiger partial charge in [0.1, 0.15) is 0 Å². The fourth-order valence-electron chi connectivity index (χ4n) is 3.62. The number of amides is 2. The molecule has 0 aromatic heterocycles. The van der Waals surface area contributed by atoms with Gasteiger partial charge in [0.05, 0.1) is 26.7 Å². The summed E-state index contributed by atoms with van der Waals surface area (Å²) >= 11 is 0. The van der Waals surface area contributed by atoms with E-state index in [4.69, 9.17) is 0 Å². The van der Waals surface area contributed by atoms with Crippen LogP contribution >= 0.6 is 0 Å². The normalized spacial score (nSPS) is 12.5. The molecule has 0 radical (unpaired) electrons. The van der Waals surface area contributed by atoms with Crippen molar-refractivity contribution in [2.75, 3.05) is 10.2 Å². The van der Waals surface area contributed by atoms with Crippen molar-refractivity contribution < 1.29 is 24.2 Å². The van der Waals surface area contributed by atoms with Crippen LogP contribution in [0.1, 0.15) is 31.8 Å². The van der Waals surface area contributed by atoms with Gasteiger partial charge in [0, 0.05) is 17.8 Å². The third-order valence-electron chi connectivity index (χ3n) is 5.30. The molecule has 170 valence electrons. The van der Waals surface area contributed by atoms with Crippen LogP contribution in [0.15, 0.2) is 54.6 Å². The Kier molecular flexibility index (Phi) is 5.37. The van der Waals surface area contributed by atoms with Crippen LogP contribution in [-0.4, -0.2) is 27.4 Å². The molecule has 0 atom stereocenters. The van der Waals surface area contributed by atoms with Crippen molar-refractivity contribution in [2.45, 2.75) is 13.8 Å². The lowest BCUT2D eigenvalue weighted by Gasteiger charge is -2.15. The second kappa shape index (κ2) is 8.20. The number of aryl methyl sites for hydroxylation is 2. The highest BCUT2D eigenvalue weighted by Gasteiger charge is 2.41. The Bertz CT molecular complexity index is 1380. The lowest BCUT2D eigenvalue weighted by Crippen LogP contribution is -2.36. The van der Waals surface area contributed by atoms with Gasteiger partial charge in [0.2, 0.25) is 0 Å². The first-order valence-electron chi connectivity index (χ1n) is 9.92. The number of nitro groups is 2. The first kappa shape index (κ1) is 22.3. The molecule has 0 aliphatic carbocycles. The Morgan fingerprint density at radius 1 is 0.853 bits per heavy atom. The van der Waals surface area contributed by atoms with Gasteiger partial charge in [0.25, 0.3) is 11.7 Å². The van der Waals surface area contributed by atoms with Crippen molar-refractivity contribution in [2.24, 2.45) is 0 Å². The fourth-order valence-corrected chi connectivity index (χ4v) is 3.62. The standard InChI is InChI=1S/C23H16N4O7/c1-12-3-6-15(7-4-12)24-20-18(26(31)32)10-14(11-19(20)27(33)34)22(29)25-17-8-5-13(2)9-16(17)21(28)23(25)30/h3-11,24H,1-2H3. The maximum atomic E-state index is 13.2. The van der Waals surface area contributed by atoms with Crippen molar-refractivity contribution in [3.8, 4) is 0 Å². The number of hydrogen-bond donors (Lipinski definition) is 1. The van der Waals surface area contributed by atoms with Gasteiger partial charge in [-0.15, -0.1) is 0 Å². The minimum atomic E-state index is -1.14. The minimum absolute atomic E-state index is 0.0118. The van der Waals surface area contributed by atoms with Crippen LogP contribution in [0, 0.1) is 34.1 Å². The molecular formula is C23H16N4O7. The van der Waals surface area contributed by atoms with E-state index in [-0.39, 0.29) is 11.3 Å². The average Bonchev–Trinajstić information content (AvgIpc) is 3.04. The molecule has 4 rings (SSSR count). The summed E-state index contributed by atoms with van der Waals surface area (Å²) < 4.78 is 0. The van der Waals surface area contributed by atoms with Gasteiger partial charge in [-0.25, -0.2) is 4.90 Å². The van der Waals surface area contributed by atoms with E-state index in [9.17, 15) is 34.6 Å². The molecule has 1 N–H and O–H groups in total. The number of Topliss-reactive ketones (excluding diaryl/α,β-unsaturated/α-hetero) is 1. The van der Waals surface area contributed by atoms with Crippen molar-refractivity contribution >= 4 is 46.0 Å². The third kappa shape index (κ3) is 3.75. The van der Waals surface area contributed by atoms with Crippen LogP contribution in [0.5, 0.6) is 0 Å². The zero-order chi connectivity index (χ0) is 24.7. The lowest BCUT2D eigenvalue weighted by atomic mass is 10.1. The number of imide groups is 1. The van der Waals surface area contributed by atoms with E-state index < -0.39 is 50.1 Å². The van der Waals surface area contributed by atoms with Gasteiger partial charge in [-0.1, -0.05) is 29.3 Å². The molecule has 1 heterocycles. The molecule has 0 fully saturated rings. The molecule has 0 spiro atoms. The van der Waals surface area contributed by atoms with E-state index in [1.807, 2.05) is 6.92 Å². The molecule has 34 heavy (non-hydrogen) atoms. The second-order valence-electron chi connectivity index (χ2n) is 7.69. The summed E-state index contributed by atoms with van der Waals surface area (Å²) in [6.45, 7) is 3.54. The highest BCUT2D eigenvalue weighted by atomic mass is 16.6. The third-order valence-corrected chi connectivity index (χ3v) is 5.30. The van der Waals surface area contributed by atoms with Gasteiger partial charge in [-0.05, 0) is 38.1 Å². The maximum Gasteiger partial charge on any atom is 0.306 e. The lowest BCUT2D eigenvalue weighted by molar-refractivity contribution is -0.392. The summed E-state index contributed by atoms with van der Waals surface area (Å²) in [7, 11) is 0. The number of fused-ring (bicyclic) bond motifs is 1. The van der Waals surface area contributed by atoms with E-state index in [2.05, 4.69) is 5.32 Å². The number of nitro benzene ring substituents is 2. The van der Waals surface area contributed by atoms with Crippen LogP contribution < -0.4 is 10.2 Å². The summed E-state index contributed by atoms with van der Waals surface area (Å²) in [4.78, 5) is 60.5. The second-order valence-corrected chi connectivity index (χ2v) is 7.69. The summed E-state index contributed by atoms with van der Waals surface area (Å²) in [5.41, 5.74) is -0.390. The average molecular weight is 460 g/mol. The summed E-state index contributed by atoms with van der Waals surface area (Å²) in [5, 5.41) is 26.2. The van der Waals surface area contributed by atoms with Crippen molar-refractivity contribution in [3.05, 3.63) is 97.1 Å². The predicted octanol–water partition coefficient (Wildman–Crippen LogP) is 4.23. The van der Waals surface area contributed by atoms with Gasteiger partial charge >= 0.3 is 17.3 Å². The maximum absolute atomic E-state index is 13.2. The number of hydrogen-bond acceptors (Lipinski definition) is 8. The number of ketones is 1. The number of benzene rings is 3. The monoisotopic (exact) mass is 460 g/mol. The van der Waals surface area contributed by atoms with E-state index in [1.165, 1.54) is 12.1 Å².